The summed E-state index contributed by atoms with van der Waals surface area (Å²) in [6.07, 6.45) is 0.748. The Bertz CT molecular complexity index is 552. The largest absolute Gasteiger partial charge is 0.446 e. The van der Waals surface area contributed by atoms with Gasteiger partial charge in [0.2, 0.25) is 0 Å². The Morgan fingerprint density at radius 3 is 2.00 bits per heavy atom. The molecule has 0 aliphatic heterocycles. The molecule has 0 saturated heterocycles. The quantitative estimate of drug-likeness (QED) is 0.603. The van der Waals surface area contributed by atoms with Crippen molar-refractivity contribution in [3.63, 3.8) is 0 Å². The molecule has 0 radical (unpaired) electrons. The maximum absolute atomic E-state index is 12.1. The van der Waals surface area contributed by atoms with Crippen molar-refractivity contribution in [3.05, 3.63) is 71.8 Å². The van der Waals surface area contributed by atoms with E-state index in [1.807, 2.05) is 79.7 Å². The van der Waals surface area contributed by atoms with E-state index in [-0.39, 0.29) is 12.2 Å². The number of ether oxygens (including phenoxy) is 1. The lowest BCUT2D eigenvalue weighted by Crippen LogP contribution is -2.35. The molecule has 21 heavy (non-hydrogen) atoms. The van der Waals surface area contributed by atoms with Crippen LogP contribution in [-0.2, 0) is 22.4 Å². The van der Waals surface area contributed by atoms with E-state index in [9.17, 15) is 4.79 Å². The van der Waals surface area contributed by atoms with Gasteiger partial charge in [-0.25, -0.2) is 0 Å². The van der Waals surface area contributed by atoms with Gasteiger partial charge in [-0.15, -0.1) is 0 Å². The van der Waals surface area contributed by atoms with Crippen molar-refractivity contribution in [2.24, 2.45) is 0 Å². The fraction of sp³-hybridized carbons (Fsp3) is 0.278. The van der Waals surface area contributed by atoms with Crippen molar-refractivity contribution in [1.82, 2.24) is 4.90 Å². The van der Waals surface area contributed by atoms with Crippen LogP contribution in [0, 0.1) is 0 Å². The van der Waals surface area contributed by atoms with E-state index in [4.69, 9.17) is 4.74 Å². The molecule has 0 amide bonds. The van der Waals surface area contributed by atoms with Crippen LogP contribution >= 0.6 is 0 Å². The Morgan fingerprint density at radius 1 is 0.952 bits per heavy atom. The third kappa shape index (κ3) is 5.04. The molecular formula is C18H21NO2. The highest BCUT2D eigenvalue weighted by atomic mass is 16.6. The van der Waals surface area contributed by atoms with Crippen LogP contribution in [0.25, 0.3) is 0 Å². The number of hydrogen-bond acceptors (Lipinski definition) is 3. The summed E-state index contributed by atoms with van der Waals surface area (Å²) in [5, 5.41) is 0. The van der Waals surface area contributed by atoms with Gasteiger partial charge in [0.05, 0.1) is 6.42 Å². The average molecular weight is 283 g/mol. The summed E-state index contributed by atoms with van der Waals surface area (Å²) in [6.45, 7) is 0. The van der Waals surface area contributed by atoms with Crippen LogP contribution in [0.5, 0.6) is 0 Å². The molecule has 110 valence electrons. The second kappa shape index (κ2) is 7.60. The summed E-state index contributed by atoms with van der Waals surface area (Å²) in [4.78, 5) is 14.0. The van der Waals surface area contributed by atoms with E-state index >= 15 is 0 Å². The molecule has 2 rings (SSSR count). The zero-order valence-electron chi connectivity index (χ0n) is 12.5. The molecule has 0 fully saturated rings. The molecule has 0 heterocycles. The first kappa shape index (κ1) is 15.3. The first-order valence-electron chi connectivity index (χ1n) is 7.09. The molecule has 1 atom stereocenters. The minimum absolute atomic E-state index is 0.198. The predicted molar refractivity (Wildman–Crippen MR) is 83.9 cm³/mol. The van der Waals surface area contributed by atoms with Crippen molar-refractivity contribution in [1.29, 1.82) is 0 Å². The summed E-state index contributed by atoms with van der Waals surface area (Å²) in [5.41, 5.74) is 2.13. The molecule has 0 aliphatic rings. The topological polar surface area (TPSA) is 29.5 Å². The molecule has 0 aromatic heterocycles. The van der Waals surface area contributed by atoms with Gasteiger partial charge in [0.1, 0.15) is 0 Å². The summed E-state index contributed by atoms with van der Waals surface area (Å²) in [6, 6.07) is 19.7. The lowest BCUT2D eigenvalue weighted by atomic mass is 10.1. The van der Waals surface area contributed by atoms with Gasteiger partial charge in [0.15, 0.2) is 6.23 Å². The highest BCUT2D eigenvalue weighted by molar-refractivity contribution is 5.72. The molecule has 2 aromatic carbocycles. The number of hydrogen-bond donors (Lipinski definition) is 0. The lowest BCUT2D eigenvalue weighted by molar-refractivity contribution is -0.156. The monoisotopic (exact) mass is 283 g/mol. The van der Waals surface area contributed by atoms with Gasteiger partial charge in [-0.05, 0) is 25.2 Å². The second-order valence-electron chi connectivity index (χ2n) is 5.26. The Kier molecular flexibility index (Phi) is 5.52. The summed E-state index contributed by atoms with van der Waals surface area (Å²) in [5.74, 6) is -0.198. The average Bonchev–Trinajstić information content (AvgIpc) is 2.48. The molecule has 3 nitrogen and oxygen atoms in total. The van der Waals surface area contributed by atoms with Gasteiger partial charge in [0, 0.05) is 6.42 Å². The van der Waals surface area contributed by atoms with Crippen LogP contribution in [0.2, 0.25) is 0 Å². The standard InChI is InChI=1S/C18H21NO2/c1-19(2)17(13-15-9-5-3-6-10-15)21-18(20)14-16-11-7-4-8-12-16/h3-12,17H,13-14H2,1-2H3. The van der Waals surface area contributed by atoms with Crippen molar-refractivity contribution in [2.45, 2.75) is 19.1 Å². The molecule has 0 N–H and O–H groups in total. The molecule has 0 saturated carbocycles. The molecule has 0 spiro atoms. The first-order valence-corrected chi connectivity index (χ1v) is 7.09. The van der Waals surface area contributed by atoms with Gasteiger partial charge in [0.25, 0.3) is 0 Å². The maximum Gasteiger partial charge on any atom is 0.311 e. The summed E-state index contributed by atoms with van der Waals surface area (Å²) < 4.78 is 5.61. The van der Waals surface area contributed by atoms with E-state index in [2.05, 4.69) is 0 Å². The normalized spacial score (nSPS) is 12.1. The Morgan fingerprint density at radius 2 is 1.48 bits per heavy atom. The van der Waals surface area contributed by atoms with E-state index < -0.39 is 0 Å². The molecular weight excluding hydrogens is 262 g/mol. The Labute approximate surface area is 126 Å². The maximum atomic E-state index is 12.1. The van der Waals surface area contributed by atoms with Crippen LogP contribution < -0.4 is 0 Å². The van der Waals surface area contributed by atoms with Crippen molar-refractivity contribution in [3.8, 4) is 0 Å². The number of carbonyl (C=O) groups excluding carboxylic acids is 1. The fourth-order valence-corrected chi connectivity index (χ4v) is 2.10. The molecule has 0 bridgehead atoms. The molecule has 3 heteroatoms. The zero-order chi connectivity index (χ0) is 15.1. The van der Waals surface area contributed by atoms with Gasteiger partial charge >= 0.3 is 5.97 Å². The Hall–Kier alpha value is -2.13. The number of carbonyl (C=O) groups is 1. The first-order chi connectivity index (χ1) is 10.1. The number of benzene rings is 2. The highest BCUT2D eigenvalue weighted by Gasteiger charge is 2.17. The SMILES string of the molecule is CN(C)C(Cc1ccccc1)OC(=O)Cc1ccccc1. The minimum atomic E-state index is -0.247. The number of likely N-dealkylation sites (N-methyl/N-ethyl adjacent to an activating group) is 1. The van der Waals surface area contributed by atoms with E-state index in [1.165, 1.54) is 0 Å². The number of esters is 1. The molecule has 1 unspecified atom stereocenters. The minimum Gasteiger partial charge on any atom is -0.446 e. The van der Waals surface area contributed by atoms with Crippen molar-refractivity contribution >= 4 is 5.97 Å². The van der Waals surface area contributed by atoms with Crippen molar-refractivity contribution in [2.75, 3.05) is 14.1 Å². The second-order valence-corrected chi connectivity index (χ2v) is 5.26. The van der Waals surface area contributed by atoms with Crippen LogP contribution in [0.3, 0.4) is 0 Å². The number of nitrogens with zero attached hydrogens (tertiary/aromatic N) is 1. The van der Waals surface area contributed by atoms with Crippen LogP contribution in [0.4, 0.5) is 0 Å². The predicted octanol–water partition coefficient (Wildman–Crippen LogP) is 2.90. The molecule has 2 aromatic rings. The van der Waals surface area contributed by atoms with Crippen LogP contribution in [0.15, 0.2) is 60.7 Å². The smallest absolute Gasteiger partial charge is 0.311 e. The third-order valence-electron chi connectivity index (χ3n) is 3.29. The van der Waals surface area contributed by atoms with E-state index in [0.29, 0.717) is 12.8 Å². The van der Waals surface area contributed by atoms with Crippen molar-refractivity contribution < 1.29 is 9.53 Å². The fourth-order valence-electron chi connectivity index (χ4n) is 2.10. The lowest BCUT2D eigenvalue weighted by Gasteiger charge is -2.24. The summed E-state index contributed by atoms with van der Waals surface area (Å²) >= 11 is 0. The van der Waals surface area contributed by atoms with Gasteiger partial charge < -0.3 is 4.74 Å². The number of rotatable bonds is 6. The van der Waals surface area contributed by atoms with Gasteiger partial charge in [-0.1, -0.05) is 60.7 Å². The third-order valence-corrected chi connectivity index (χ3v) is 3.29. The van der Waals surface area contributed by atoms with E-state index in [0.717, 1.165) is 11.1 Å². The van der Waals surface area contributed by atoms with E-state index in [1.54, 1.807) is 0 Å². The zero-order valence-corrected chi connectivity index (χ0v) is 12.5. The van der Waals surface area contributed by atoms with Crippen LogP contribution in [0.1, 0.15) is 11.1 Å². The van der Waals surface area contributed by atoms with Crippen LogP contribution in [-0.4, -0.2) is 31.2 Å². The molecule has 0 aliphatic carbocycles. The van der Waals surface area contributed by atoms with Gasteiger partial charge in [-0.2, -0.15) is 0 Å². The Balaban J connectivity index is 1.95. The highest BCUT2D eigenvalue weighted by Crippen LogP contribution is 2.10. The van der Waals surface area contributed by atoms with Gasteiger partial charge in [-0.3, -0.25) is 9.69 Å². The summed E-state index contributed by atoms with van der Waals surface area (Å²) in [7, 11) is 3.84.